The third-order valence-electron chi connectivity index (χ3n) is 10.5. The molecule has 3 heteroatoms. The van der Waals surface area contributed by atoms with E-state index in [0.29, 0.717) is 0 Å². The van der Waals surface area contributed by atoms with Crippen LogP contribution in [0.25, 0.3) is 0 Å². The molecule has 0 saturated heterocycles. The van der Waals surface area contributed by atoms with Crippen molar-refractivity contribution in [1.82, 2.24) is 4.90 Å². The predicted octanol–water partition coefficient (Wildman–Crippen LogP) is 14.1. The van der Waals surface area contributed by atoms with Gasteiger partial charge in [0.15, 0.2) is 0 Å². The van der Waals surface area contributed by atoms with Gasteiger partial charge in [0.2, 0.25) is 0 Å². The molecule has 0 aliphatic heterocycles. The molecule has 0 spiro atoms. The molecule has 2 N–H and O–H groups in total. The third kappa shape index (κ3) is 38.5. The Labute approximate surface area is 298 Å². The third-order valence-corrected chi connectivity index (χ3v) is 10.5. The maximum Gasteiger partial charge on any atom is 0.0667 e. The molecule has 0 bridgehead atoms. The zero-order valence-corrected chi connectivity index (χ0v) is 33.1. The lowest BCUT2D eigenvalue weighted by atomic mass is 10.0. The van der Waals surface area contributed by atoms with Gasteiger partial charge in [-0.1, -0.05) is 233 Å². The van der Waals surface area contributed by atoms with E-state index in [1.54, 1.807) is 0 Å². The van der Waals surface area contributed by atoms with Crippen molar-refractivity contribution in [3.05, 3.63) is 0 Å². The summed E-state index contributed by atoms with van der Waals surface area (Å²) >= 11 is 0. The van der Waals surface area contributed by atoms with Crippen molar-refractivity contribution in [2.24, 2.45) is 0 Å². The largest absolute Gasteiger partial charge is 0.392 e. The molecular weight excluding hydrogens is 574 g/mol. The van der Waals surface area contributed by atoms with Crippen LogP contribution in [-0.2, 0) is 0 Å². The molecule has 47 heavy (non-hydrogen) atoms. The monoisotopic (exact) mass is 666 g/mol. The molecule has 0 aliphatic rings. The Kier molecular flexibility index (Phi) is 40.2. The van der Waals surface area contributed by atoms with Crippen molar-refractivity contribution in [3.8, 4) is 0 Å². The van der Waals surface area contributed by atoms with Crippen molar-refractivity contribution >= 4 is 0 Å². The highest BCUT2D eigenvalue weighted by atomic mass is 16.3. The number of aliphatic hydroxyl groups is 2. The quantitative estimate of drug-likeness (QED) is 0.0639. The minimum Gasteiger partial charge on any atom is -0.392 e. The van der Waals surface area contributed by atoms with Crippen molar-refractivity contribution in [2.45, 2.75) is 264 Å². The van der Waals surface area contributed by atoms with Gasteiger partial charge in [-0.2, -0.15) is 0 Å². The molecule has 2 unspecified atom stereocenters. The first kappa shape index (κ1) is 46.9. The number of hydrogen-bond donors (Lipinski definition) is 2. The average molecular weight is 666 g/mol. The zero-order chi connectivity index (χ0) is 34.3. The molecule has 0 aromatic rings. The Bertz CT molecular complexity index is 515. The number of hydrogen-bond acceptors (Lipinski definition) is 3. The highest BCUT2D eigenvalue weighted by Gasteiger charge is 2.15. The van der Waals surface area contributed by atoms with Gasteiger partial charge in [0.1, 0.15) is 0 Å². The summed E-state index contributed by atoms with van der Waals surface area (Å²) in [5.41, 5.74) is 0. The molecule has 2 atom stereocenters. The molecule has 0 aromatic heterocycles. The SMILES string of the molecule is CCCCCCCCCCCCCCCCC(O)CN(CCCCCCCC)CC(O)CCCCCCCCCCCCCCCC. The van der Waals surface area contributed by atoms with Gasteiger partial charge < -0.3 is 10.2 Å². The van der Waals surface area contributed by atoms with Crippen LogP contribution in [0.5, 0.6) is 0 Å². The molecule has 0 aromatic carbocycles. The molecule has 3 nitrogen and oxygen atoms in total. The highest BCUT2D eigenvalue weighted by Crippen LogP contribution is 2.17. The van der Waals surface area contributed by atoms with E-state index in [0.717, 1.165) is 45.3 Å². The predicted molar refractivity (Wildman–Crippen MR) is 212 cm³/mol. The Balaban J connectivity index is 3.99. The zero-order valence-electron chi connectivity index (χ0n) is 33.1. The number of aliphatic hydroxyl groups excluding tert-OH is 2. The second-order valence-corrected chi connectivity index (χ2v) is 15.6. The Morgan fingerprint density at radius 1 is 0.298 bits per heavy atom. The van der Waals surface area contributed by atoms with Gasteiger partial charge in [0.25, 0.3) is 0 Å². The van der Waals surface area contributed by atoms with Crippen LogP contribution in [0.3, 0.4) is 0 Å². The normalized spacial score (nSPS) is 13.1. The smallest absolute Gasteiger partial charge is 0.0667 e. The van der Waals surface area contributed by atoms with E-state index in [-0.39, 0.29) is 12.2 Å². The lowest BCUT2D eigenvalue weighted by Gasteiger charge is -2.27. The first-order valence-electron chi connectivity index (χ1n) is 22.2. The Hall–Kier alpha value is -0.120. The van der Waals surface area contributed by atoms with Crippen molar-refractivity contribution in [1.29, 1.82) is 0 Å². The lowest BCUT2D eigenvalue weighted by molar-refractivity contribution is 0.0596. The summed E-state index contributed by atoms with van der Waals surface area (Å²) < 4.78 is 0. The standard InChI is InChI=1S/C44H91NO2/c1-4-7-10-13-16-18-20-22-24-26-28-30-32-35-38-43(46)41-45(40-37-34-15-12-9-6-3)42-44(47)39-36-33-31-29-27-25-23-21-19-17-14-11-8-5-2/h43-44,46-47H,4-42H2,1-3H3. The van der Waals surface area contributed by atoms with Crippen LogP contribution in [0.1, 0.15) is 252 Å². The number of nitrogens with zero attached hydrogens (tertiary/aromatic N) is 1. The summed E-state index contributed by atoms with van der Waals surface area (Å²) in [5.74, 6) is 0. The summed E-state index contributed by atoms with van der Waals surface area (Å²) in [4.78, 5) is 2.39. The second-order valence-electron chi connectivity index (χ2n) is 15.6. The van der Waals surface area contributed by atoms with Crippen LogP contribution < -0.4 is 0 Å². The Morgan fingerprint density at radius 2 is 0.511 bits per heavy atom. The van der Waals surface area contributed by atoms with Gasteiger partial charge in [0.05, 0.1) is 12.2 Å². The van der Waals surface area contributed by atoms with Crippen LogP contribution in [0.4, 0.5) is 0 Å². The maximum absolute atomic E-state index is 10.9. The van der Waals surface area contributed by atoms with E-state index in [1.807, 2.05) is 0 Å². The van der Waals surface area contributed by atoms with Crippen LogP contribution in [0.15, 0.2) is 0 Å². The van der Waals surface area contributed by atoms with Gasteiger partial charge >= 0.3 is 0 Å². The van der Waals surface area contributed by atoms with E-state index >= 15 is 0 Å². The van der Waals surface area contributed by atoms with Gasteiger partial charge in [-0.05, 0) is 25.8 Å². The van der Waals surface area contributed by atoms with Crippen LogP contribution in [0.2, 0.25) is 0 Å². The van der Waals surface area contributed by atoms with E-state index in [4.69, 9.17) is 0 Å². The molecule has 284 valence electrons. The maximum atomic E-state index is 10.9. The average Bonchev–Trinajstić information content (AvgIpc) is 3.06. The minimum atomic E-state index is -0.249. The van der Waals surface area contributed by atoms with Crippen LogP contribution >= 0.6 is 0 Å². The van der Waals surface area contributed by atoms with Crippen molar-refractivity contribution in [2.75, 3.05) is 19.6 Å². The van der Waals surface area contributed by atoms with E-state index in [9.17, 15) is 10.2 Å². The molecule has 0 amide bonds. The lowest BCUT2D eigenvalue weighted by Crippen LogP contribution is -2.38. The summed E-state index contributed by atoms with van der Waals surface area (Å²) in [6.07, 6.45) is 47.6. The first-order valence-corrected chi connectivity index (χ1v) is 22.2. The summed E-state index contributed by atoms with van der Waals surface area (Å²) in [6.45, 7) is 9.37. The van der Waals surface area contributed by atoms with Gasteiger partial charge in [-0.25, -0.2) is 0 Å². The fourth-order valence-electron chi connectivity index (χ4n) is 7.30. The minimum absolute atomic E-state index is 0.249. The summed E-state index contributed by atoms with van der Waals surface area (Å²) in [5, 5.41) is 21.8. The van der Waals surface area contributed by atoms with Gasteiger partial charge in [-0.3, -0.25) is 4.90 Å². The number of unbranched alkanes of at least 4 members (excludes halogenated alkanes) is 31. The highest BCUT2D eigenvalue weighted by molar-refractivity contribution is 4.70. The van der Waals surface area contributed by atoms with Gasteiger partial charge in [0, 0.05) is 13.1 Å². The van der Waals surface area contributed by atoms with E-state index in [2.05, 4.69) is 25.7 Å². The fourth-order valence-corrected chi connectivity index (χ4v) is 7.30. The Morgan fingerprint density at radius 3 is 0.766 bits per heavy atom. The van der Waals surface area contributed by atoms with E-state index in [1.165, 1.54) is 205 Å². The number of rotatable bonds is 41. The van der Waals surface area contributed by atoms with Crippen LogP contribution in [0, 0.1) is 0 Å². The fraction of sp³-hybridized carbons (Fsp3) is 1.00. The van der Waals surface area contributed by atoms with Gasteiger partial charge in [-0.15, -0.1) is 0 Å². The second kappa shape index (κ2) is 40.3. The topological polar surface area (TPSA) is 43.7 Å². The molecule has 0 rings (SSSR count). The summed E-state index contributed by atoms with van der Waals surface area (Å²) in [7, 11) is 0. The van der Waals surface area contributed by atoms with E-state index < -0.39 is 0 Å². The van der Waals surface area contributed by atoms with Crippen molar-refractivity contribution < 1.29 is 10.2 Å². The first-order chi connectivity index (χ1) is 23.1. The molecule has 0 heterocycles. The van der Waals surface area contributed by atoms with Crippen LogP contribution in [-0.4, -0.2) is 47.0 Å². The van der Waals surface area contributed by atoms with Crippen molar-refractivity contribution in [3.63, 3.8) is 0 Å². The molecule has 0 fully saturated rings. The molecule has 0 saturated carbocycles. The summed E-state index contributed by atoms with van der Waals surface area (Å²) in [6, 6.07) is 0. The molecule has 0 aliphatic carbocycles. The molecular formula is C44H91NO2. The molecule has 0 radical (unpaired) electrons.